The molecule has 0 spiro atoms. The standard InChI is InChI=1S/C15H19BrO5/c1-15(2,14(18)19)9-12(17)10-4-5-13(11(16)8-10)21-7-6-20-3/h4-5,8H,6-7,9H2,1-3H3,(H,18,19). The monoisotopic (exact) mass is 358 g/mol. The number of carbonyl (C=O) groups excluding carboxylic acids is 1. The summed E-state index contributed by atoms with van der Waals surface area (Å²) in [7, 11) is 1.59. The van der Waals surface area contributed by atoms with Crippen LogP contribution in [0.2, 0.25) is 0 Å². The molecule has 1 N–H and O–H groups in total. The summed E-state index contributed by atoms with van der Waals surface area (Å²) in [5.74, 6) is -0.595. The maximum atomic E-state index is 12.1. The van der Waals surface area contributed by atoms with E-state index in [1.807, 2.05) is 0 Å². The van der Waals surface area contributed by atoms with E-state index in [-0.39, 0.29) is 12.2 Å². The van der Waals surface area contributed by atoms with Gasteiger partial charge in [-0.05, 0) is 48.0 Å². The zero-order chi connectivity index (χ0) is 16.0. The highest BCUT2D eigenvalue weighted by Crippen LogP contribution is 2.29. The van der Waals surface area contributed by atoms with Gasteiger partial charge >= 0.3 is 5.97 Å². The molecule has 1 aromatic carbocycles. The molecule has 0 aliphatic heterocycles. The number of halogens is 1. The van der Waals surface area contributed by atoms with Crippen molar-refractivity contribution in [2.24, 2.45) is 5.41 Å². The number of ether oxygens (including phenoxy) is 2. The van der Waals surface area contributed by atoms with E-state index >= 15 is 0 Å². The first-order valence-electron chi connectivity index (χ1n) is 6.46. The summed E-state index contributed by atoms with van der Waals surface area (Å²) in [5, 5.41) is 9.06. The zero-order valence-electron chi connectivity index (χ0n) is 12.3. The maximum Gasteiger partial charge on any atom is 0.309 e. The van der Waals surface area contributed by atoms with E-state index in [0.29, 0.717) is 29.0 Å². The number of Topliss-reactive ketones (excluding diaryl/α,β-unsaturated/α-hetero) is 1. The van der Waals surface area contributed by atoms with Crippen LogP contribution in [0.3, 0.4) is 0 Å². The van der Waals surface area contributed by atoms with Crippen LogP contribution in [0.4, 0.5) is 0 Å². The van der Waals surface area contributed by atoms with E-state index in [9.17, 15) is 9.59 Å². The topological polar surface area (TPSA) is 72.8 Å². The van der Waals surface area contributed by atoms with Crippen LogP contribution in [0.5, 0.6) is 5.75 Å². The van der Waals surface area contributed by atoms with Crippen molar-refractivity contribution in [3.63, 3.8) is 0 Å². The van der Waals surface area contributed by atoms with Gasteiger partial charge in [-0.3, -0.25) is 9.59 Å². The van der Waals surface area contributed by atoms with Crippen molar-refractivity contribution in [3.05, 3.63) is 28.2 Å². The Bertz CT molecular complexity index is 525. The molecule has 0 fully saturated rings. The van der Waals surface area contributed by atoms with Crippen molar-refractivity contribution in [2.45, 2.75) is 20.3 Å². The first-order chi connectivity index (χ1) is 9.77. The molecule has 0 bridgehead atoms. The molecule has 1 rings (SSSR count). The molecule has 0 saturated heterocycles. The Hall–Kier alpha value is -1.40. The minimum absolute atomic E-state index is 0.0569. The Kier molecular flexibility index (Phi) is 6.36. The number of carboxylic acids is 1. The molecule has 21 heavy (non-hydrogen) atoms. The third kappa shape index (κ3) is 5.13. The molecule has 5 nitrogen and oxygen atoms in total. The van der Waals surface area contributed by atoms with Crippen molar-refractivity contribution in [2.75, 3.05) is 20.3 Å². The van der Waals surface area contributed by atoms with Crippen molar-refractivity contribution in [1.82, 2.24) is 0 Å². The first kappa shape index (κ1) is 17.7. The number of hydrogen-bond donors (Lipinski definition) is 1. The lowest BCUT2D eigenvalue weighted by Crippen LogP contribution is -2.26. The Balaban J connectivity index is 2.79. The van der Waals surface area contributed by atoms with Crippen molar-refractivity contribution in [3.8, 4) is 5.75 Å². The number of carboxylic acid groups (broad SMARTS) is 1. The number of carbonyl (C=O) groups is 2. The average Bonchev–Trinajstić information content (AvgIpc) is 2.40. The lowest BCUT2D eigenvalue weighted by Gasteiger charge is -2.18. The fourth-order valence-electron chi connectivity index (χ4n) is 1.61. The van der Waals surface area contributed by atoms with Crippen molar-refractivity contribution in [1.29, 1.82) is 0 Å². The van der Waals surface area contributed by atoms with Gasteiger partial charge in [-0.1, -0.05) is 0 Å². The van der Waals surface area contributed by atoms with Crippen LogP contribution in [-0.2, 0) is 9.53 Å². The van der Waals surface area contributed by atoms with E-state index in [1.54, 1.807) is 25.3 Å². The Morgan fingerprint density at radius 2 is 1.95 bits per heavy atom. The molecule has 116 valence electrons. The van der Waals surface area contributed by atoms with Gasteiger partial charge in [0.05, 0.1) is 16.5 Å². The summed E-state index contributed by atoms with van der Waals surface area (Å²) in [6, 6.07) is 4.95. The van der Waals surface area contributed by atoms with Crippen LogP contribution in [0.1, 0.15) is 30.6 Å². The predicted octanol–water partition coefficient (Wildman–Crippen LogP) is 3.16. The van der Waals surface area contributed by atoms with Crippen LogP contribution in [0, 0.1) is 5.41 Å². The highest BCUT2D eigenvalue weighted by atomic mass is 79.9. The molecule has 6 heteroatoms. The number of benzene rings is 1. The van der Waals surface area contributed by atoms with Gasteiger partial charge in [0.2, 0.25) is 0 Å². The average molecular weight is 359 g/mol. The molecular weight excluding hydrogens is 340 g/mol. The van der Waals surface area contributed by atoms with Gasteiger partial charge in [-0.2, -0.15) is 0 Å². The van der Waals surface area contributed by atoms with Gasteiger partial charge in [0.25, 0.3) is 0 Å². The quantitative estimate of drug-likeness (QED) is 0.570. The van der Waals surface area contributed by atoms with Gasteiger partial charge in [0, 0.05) is 19.1 Å². The van der Waals surface area contributed by atoms with Crippen LogP contribution in [0.25, 0.3) is 0 Å². The molecule has 0 radical (unpaired) electrons. The van der Waals surface area contributed by atoms with Gasteiger partial charge in [0.1, 0.15) is 12.4 Å². The fourth-order valence-corrected chi connectivity index (χ4v) is 2.10. The minimum atomic E-state index is -1.09. The van der Waals surface area contributed by atoms with E-state index < -0.39 is 11.4 Å². The summed E-state index contributed by atoms with van der Waals surface area (Å²) in [6.45, 7) is 3.95. The molecule has 0 aliphatic carbocycles. The van der Waals surface area contributed by atoms with Crippen LogP contribution >= 0.6 is 15.9 Å². The van der Waals surface area contributed by atoms with Gasteiger partial charge < -0.3 is 14.6 Å². The van der Waals surface area contributed by atoms with E-state index in [4.69, 9.17) is 14.6 Å². The van der Waals surface area contributed by atoms with Crippen LogP contribution in [-0.4, -0.2) is 37.2 Å². The molecule has 0 amide bonds. The molecule has 0 saturated carbocycles. The minimum Gasteiger partial charge on any atom is -0.490 e. The summed E-state index contributed by atoms with van der Waals surface area (Å²) < 4.78 is 11.0. The van der Waals surface area contributed by atoms with Crippen LogP contribution in [0.15, 0.2) is 22.7 Å². The summed E-state index contributed by atoms with van der Waals surface area (Å²) >= 11 is 3.34. The molecule has 0 unspecified atom stereocenters. The highest BCUT2D eigenvalue weighted by Gasteiger charge is 2.30. The van der Waals surface area contributed by atoms with Gasteiger partial charge in [-0.25, -0.2) is 0 Å². The molecule has 0 aliphatic rings. The molecule has 0 heterocycles. The number of ketones is 1. The summed E-state index contributed by atoms with van der Waals surface area (Å²) in [6.07, 6.45) is -0.0569. The van der Waals surface area contributed by atoms with E-state index in [1.165, 1.54) is 13.8 Å². The van der Waals surface area contributed by atoms with Crippen molar-refractivity contribution >= 4 is 27.7 Å². The smallest absolute Gasteiger partial charge is 0.309 e. The Morgan fingerprint density at radius 1 is 1.29 bits per heavy atom. The van der Waals surface area contributed by atoms with E-state index in [2.05, 4.69) is 15.9 Å². The number of hydrogen-bond acceptors (Lipinski definition) is 4. The second-order valence-corrected chi connectivity index (χ2v) is 6.13. The zero-order valence-corrected chi connectivity index (χ0v) is 13.9. The third-order valence-corrected chi connectivity index (χ3v) is 3.60. The highest BCUT2D eigenvalue weighted by molar-refractivity contribution is 9.10. The molecule has 0 aromatic heterocycles. The normalized spacial score (nSPS) is 11.2. The Morgan fingerprint density at radius 3 is 2.48 bits per heavy atom. The van der Waals surface area contributed by atoms with Gasteiger partial charge in [-0.15, -0.1) is 0 Å². The van der Waals surface area contributed by atoms with Crippen LogP contribution < -0.4 is 4.74 Å². The lowest BCUT2D eigenvalue weighted by molar-refractivity contribution is -0.146. The fraction of sp³-hybridized carbons (Fsp3) is 0.467. The number of aliphatic carboxylic acids is 1. The van der Waals surface area contributed by atoms with Crippen molar-refractivity contribution < 1.29 is 24.2 Å². The lowest BCUT2D eigenvalue weighted by atomic mass is 9.86. The molecular formula is C15H19BrO5. The summed E-state index contributed by atoms with van der Waals surface area (Å²) in [5.41, 5.74) is -0.632. The Labute approximate surface area is 132 Å². The first-order valence-corrected chi connectivity index (χ1v) is 7.25. The number of rotatable bonds is 8. The second kappa shape index (κ2) is 7.56. The maximum absolute atomic E-state index is 12.1. The number of methoxy groups -OCH3 is 1. The largest absolute Gasteiger partial charge is 0.490 e. The van der Waals surface area contributed by atoms with E-state index in [0.717, 1.165) is 0 Å². The third-order valence-electron chi connectivity index (χ3n) is 2.98. The predicted molar refractivity (Wildman–Crippen MR) is 81.9 cm³/mol. The summed E-state index contributed by atoms with van der Waals surface area (Å²) in [4.78, 5) is 23.2. The molecule has 0 atom stereocenters. The van der Waals surface area contributed by atoms with Gasteiger partial charge in [0.15, 0.2) is 5.78 Å². The second-order valence-electron chi connectivity index (χ2n) is 5.28. The SMILES string of the molecule is COCCOc1ccc(C(=O)CC(C)(C)C(=O)O)cc1Br. The molecule has 1 aromatic rings.